The van der Waals surface area contributed by atoms with Gasteiger partial charge in [0.2, 0.25) is 5.91 Å². The Morgan fingerprint density at radius 3 is 1.13 bits per heavy atom. The highest BCUT2D eigenvalue weighted by Crippen LogP contribution is 2.43. The zero-order valence-corrected chi connectivity index (χ0v) is 51.5. The first-order chi connectivity index (χ1) is 38.0. The van der Waals surface area contributed by atoms with Crippen molar-refractivity contribution in [3.63, 3.8) is 0 Å². The Balaban J connectivity index is 4.22. The maximum Gasteiger partial charge on any atom is 0.472 e. The second-order valence-electron chi connectivity index (χ2n) is 21.7. The van der Waals surface area contributed by atoms with Crippen LogP contribution in [0, 0.1) is 0 Å². The lowest BCUT2D eigenvalue weighted by molar-refractivity contribution is -0.870. The molecule has 8 nitrogen and oxygen atoms in total. The molecule has 3 N–H and O–H groups in total. The number of unbranched alkanes of at least 4 members (excludes halogenated alkanes) is 20. The fourth-order valence-electron chi connectivity index (χ4n) is 8.22. The molecule has 0 aliphatic heterocycles. The Morgan fingerprint density at radius 1 is 0.449 bits per heavy atom. The van der Waals surface area contributed by atoms with Crippen molar-refractivity contribution in [3.8, 4) is 0 Å². The van der Waals surface area contributed by atoms with Crippen molar-refractivity contribution in [3.05, 3.63) is 146 Å². The number of nitrogens with one attached hydrogen (secondary N) is 1. The molecule has 0 rings (SSSR count). The smallest absolute Gasteiger partial charge is 0.387 e. The molecule has 0 fully saturated rings. The largest absolute Gasteiger partial charge is 0.472 e. The van der Waals surface area contributed by atoms with Crippen molar-refractivity contribution in [2.75, 3.05) is 40.9 Å². The van der Waals surface area contributed by atoms with Gasteiger partial charge in [0.15, 0.2) is 0 Å². The number of phosphoric acid groups is 1. The van der Waals surface area contributed by atoms with Crippen molar-refractivity contribution in [2.24, 2.45) is 0 Å². The number of hydrogen-bond donors (Lipinski definition) is 3. The SMILES string of the molecule is CC/C=C\C/C=C\C/C=C\C/C=C\C/C=C\C/C=C\C/C=C\C/C=C\C/C=C\C/C=C\C/C=C\CCCCCCCC(=O)NC(COP(=O)(O)OCC[N+](C)(C)C)C(O)/C=C/CCCCCCCCCCCCCCCCC. The van der Waals surface area contributed by atoms with Crippen molar-refractivity contribution in [1.82, 2.24) is 5.32 Å². The van der Waals surface area contributed by atoms with Crippen LogP contribution in [0.4, 0.5) is 0 Å². The van der Waals surface area contributed by atoms with Crippen molar-refractivity contribution in [1.29, 1.82) is 0 Å². The lowest BCUT2D eigenvalue weighted by atomic mass is 10.0. The number of nitrogens with zero attached hydrogens (tertiary/aromatic N) is 1. The van der Waals surface area contributed by atoms with Crippen molar-refractivity contribution >= 4 is 13.7 Å². The number of phosphoric ester groups is 1. The van der Waals surface area contributed by atoms with Crippen LogP contribution in [-0.2, 0) is 18.4 Å². The Bertz CT molecular complexity index is 1780. The lowest BCUT2D eigenvalue weighted by Gasteiger charge is -2.25. The first-order valence-electron chi connectivity index (χ1n) is 31.2. The molecule has 9 heteroatoms. The quantitative estimate of drug-likeness (QED) is 0.0243. The van der Waals surface area contributed by atoms with E-state index in [0.29, 0.717) is 17.4 Å². The minimum absolute atomic E-state index is 0.0501. The van der Waals surface area contributed by atoms with Crippen LogP contribution in [0.3, 0.4) is 0 Å². The molecule has 0 spiro atoms. The molecular weight excluding hydrogens is 984 g/mol. The van der Waals surface area contributed by atoms with Crippen LogP contribution in [0.2, 0.25) is 0 Å². The van der Waals surface area contributed by atoms with Crippen LogP contribution >= 0.6 is 7.82 Å². The van der Waals surface area contributed by atoms with Crippen LogP contribution < -0.4 is 5.32 Å². The average molecular weight is 1100 g/mol. The third-order valence-corrected chi connectivity index (χ3v) is 14.0. The van der Waals surface area contributed by atoms with Gasteiger partial charge >= 0.3 is 7.82 Å². The van der Waals surface area contributed by atoms with Gasteiger partial charge in [-0.05, 0) is 103 Å². The summed E-state index contributed by atoms with van der Waals surface area (Å²) < 4.78 is 23.7. The van der Waals surface area contributed by atoms with E-state index in [9.17, 15) is 19.4 Å². The number of allylic oxidation sites excluding steroid dienone is 23. The van der Waals surface area contributed by atoms with Crippen molar-refractivity contribution in [2.45, 2.75) is 244 Å². The van der Waals surface area contributed by atoms with E-state index in [1.54, 1.807) is 6.08 Å². The predicted octanol–water partition coefficient (Wildman–Crippen LogP) is 19.6. The fraction of sp³-hybridized carbons (Fsp3) is 0.638. The van der Waals surface area contributed by atoms with E-state index < -0.39 is 20.0 Å². The molecule has 0 aromatic rings. The second-order valence-corrected chi connectivity index (χ2v) is 23.2. The minimum atomic E-state index is -4.36. The Hall–Kier alpha value is -3.62. The van der Waals surface area contributed by atoms with Gasteiger partial charge in [0.05, 0.1) is 39.9 Å². The first kappa shape index (κ1) is 74.4. The number of aliphatic hydroxyl groups is 1. The fourth-order valence-corrected chi connectivity index (χ4v) is 8.96. The number of carbonyl (C=O) groups is 1. The highest BCUT2D eigenvalue weighted by Gasteiger charge is 2.27. The molecule has 0 heterocycles. The zero-order chi connectivity index (χ0) is 57.0. The van der Waals surface area contributed by atoms with Gasteiger partial charge in [0.25, 0.3) is 0 Å². The van der Waals surface area contributed by atoms with Gasteiger partial charge in [-0.25, -0.2) is 4.57 Å². The van der Waals surface area contributed by atoms with E-state index in [2.05, 4.69) is 153 Å². The number of rotatable bonds is 55. The maximum absolute atomic E-state index is 13.0. The summed E-state index contributed by atoms with van der Waals surface area (Å²) in [4.78, 5) is 23.3. The summed E-state index contributed by atoms with van der Waals surface area (Å²) >= 11 is 0. The first-order valence-corrected chi connectivity index (χ1v) is 32.7. The van der Waals surface area contributed by atoms with E-state index in [1.165, 1.54) is 83.5 Å². The molecule has 78 heavy (non-hydrogen) atoms. The van der Waals surface area contributed by atoms with Crippen LogP contribution in [-0.4, -0.2) is 73.4 Å². The molecule has 0 aliphatic rings. The summed E-state index contributed by atoms with van der Waals surface area (Å²) in [6.45, 7) is 4.68. The standard InChI is InChI=1S/C69H117N2O6P/c1-6-8-10-12-14-16-18-20-22-24-25-26-27-28-29-30-31-32-33-34-35-36-37-38-39-40-41-42-43-44-45-47-49-51-53-55-57-59-61-63-69(73)70-67(66-77-78(74,75)76-65-64-71(3,4)5)68(72)62-60-58-56-54-52-50-48-46-23-21-19-17-15-13-11-9-7-2/h8,10,14,16,20,22,25-26,28-29,31-32,34-35,37-38,40-41,43-44,47,49,60,62,67-68,72H,6-7,9,11-13,15,17-19,21,23-24,27,30,33,36,39,42,45-46,48,50-59,61,63-66H2,1-5H3,(H-,70,73,74,75)/p+1/b10-8-,16-14-,22-20-,26-25-,29-28-,32-31-,35-34-,38-37-,41-40-,44-43-,49-47-,62-60+. The highest BCUT2D eigenvalue weighted by molar-refractivity contribution is 7.47. The third-order valence-electron chi connectivity index (χ3n) is 13.1. The van der Waals surface area contributed by atoms with E-state index in [-0.39, 0.29) is 19.1 Å². The number of quaternary nitrogens is 1. The van der Waals surface area contributed by atoms with Gasteiger partial charge in [-0.3, -0.25) is 13.8 Å². The molecule has 0 aromatic carbocycles. The number of hydrogen-bond acceptors (Lipinski definition) is 5. The Labute approximate surface area is 480 Å². The molecule has 3 atom stereocenters. The predicted molar refractivity (Wildman–Crippen MR) is 341 cm³/mol. The monoisotopic (exact) mass is 1100 g/mol. The van der Waals surface area contributed by atoms with Gasteiger partial charge < -0.3 is 19.8 Å². The number of likely N-dealkylation sites (N-methyl/N-ethyl adjacent to an activating group) is 1. The molecule has 0 saturated heterocycles. The van der Waals surface area contributed by atoms with Gasteiger partial charge in [0.1, 0.15) is 13.2 Å². The van der Waals surface area contributed by atoms with E-state index >= 15 is 0 Å². The zero-order valence-electron chi connectivity index (χ0n) is 50.6. The number of aliphatic hydroxyl groups excluding tert-OH is 1. The van der Waals surface area contributed by atoms with Crippen LogP contribution in [0.25, 0.3) is 0 Å². The van der Waals surface area contributed by atoms with Gasteiger partial charge in [0, 0.05) is 6.42 Å². The molecule has 0 bridgehead atoms. The van der Waals surface area contributed by atoms with Crippen LogP contribution in [0.1, 0.15) is 232 Å². The molecule has 0 aromatic heterocycles. The summed E-state index contributed by atoms with van der Waals surface area (Å²) in [6.07, 6.45) is 89.5. The summed E-state index contributed by atoms with van der Waals surface area (Å²) in [7, 11) is 1.54. The van der Waals surface area contributed by atoms with Crippen molar-refractivity contribution < 1.29 is 32.9 Å². The Kier molecular flexibility index (Phi) is 55.4. The van der Waals surface area contributed by atoms with Crippen LogP contribution in [0.15, 0.2) is 146 Å². The number of carbonyl (C=O) groups excluding carboxylic acids is 1. The molecular formula is C69H118N2O6P+. The minimum Gasteiger partial charge on any atom is -0.387 e. The maximum atomic E-state index is 13.0. The van der Waals surface area contributed by atoms with E-state index in [4.69, 9.17) is 9.05 Å². The van der Waals surface area contributed by atoms with Crippen LogP contribution in [0.5, 0.6) is 0 Å². The molecule has 3 unspecified atom stereocenters. The van der Waals surface area contributed by atoms with Gasteiger partial charge in [-0.1, -0.05) is 269 Å². The number of amides is 1. The summed E-state index contributed by atoms with van der Waals surface area (Å²) in [5, 5.41) is 13.9. The molecule has 444 valence electrons. The van der Waals surface area contributed by atoms with Gasteiger partial charge in [-0.15, -0.1) is 0 Å². The van der Waals surface area contributed by atoms with E-state index in [0.717, 1.165) is 128 Å². The Morgan fingerprint density at radius 2 is 0.769 bits per heavy atom. The summed E-state index contributed by atoms with van der Waals surface area (Å²) in [5.41, 5.74) is 0. The molecule has 0 saturated carbocycles. The average Bonchev–Trinajstić information content (AvgIpc) is 3.40. The molecule has 0 aliphatic carbocycles. The normalized spacial score (nSPS) is 14.8. The third kappa shape index (κ3) is 60.0. The lowest BCUT2D eigenvalue weighted by Crippen LogP contribution is -2.45. The van der Waals surface area contributed by atoms with E-state index in [1.807, 2.05) is 27.2 Å². The summed E-state index contributed by atoms with van der Waals surface area (Å²) in [5.74, 6) is -0.201. The molecule has 0 radical (unpaired) electrons. The summed E-state index contributed by atoms with van der Waals surface area (Å²) in [6, 6.07) is -0.868. The second kappa shape index (κ2) is 58.0. The van der Waals surface area contributed by atoms with Gasteiger partial charge in [-0.2, -0.15) is 0 Å². The topological polar surface area (TPSA) is 105 Å². The highest BCUT2D eigenvalue weighted by atomic mass is 31.2. The molecule has 1 amide bonds.